The van der Waals surface area contributed by atoms with Crippen LogP contribution in [0.15, 0.2) is 84.9 Å². The summed E-state index contributed by atoms with van der Waals surface area (Å²) in [6.07, 6.45) is 3.32. The highest BCUT2D eigenvalue weighted by Crippen LogP contribution is 2.41. The number of nitrogens with one attached hydrogen (secondary N) is 2. The predicted octanol–water partition coefficient (Wildman–Crippen LogP) is 6.57. The largest absolute Gasteiger partial charge is 0.508 e. The number of rotatable bonds is 9. The fraction of sp³-hybridized carbons (Fsp3) is 0.241. The van der Waals surface area contributed by atoms with Gasteiger partial charge in [-0.05, 0) is 67.8 Å². The third kappa shape index (κ3) is 7.63. The van der Waals surface area contributed by atoms with Gasteiger partial charge < -0.3 is 20.9 Å². The molecule has 3 aromatic rings. The van der Waals surface area contributed by atoms with E-state index >= 15 is 0 Å². The number of benzene rings is 3. The molecule has 0 spiro atoms. The molecule has 0 bridgehead atoms. The van der Waals surface area contributed by atoms with Crippen LogP contribution in [-0.4, -0.2) is 17.1 Å². The number of aromatic hydroxyl groups is 1. The van der Waals surface area contributed by atoms with E-state index in [1.807, 2.05) is 45.0 Å². The normalized spacial score (nSPS) is 12.2. The topological polar surface area (TPSA) is 114 Å². The summed E-state index contributed by atoms with van der Waals surface area (Å²) in [4.78, 5) is 25.0. The van der Waals surface area contributed by atoms with E-state index in [1.54, 1.807) is 54.6 Å². The van der Waals surface area contributed by atoms with E-state index in [9.17, 15) is 14.7 Å². The van der Waals surface area contributed by atoms with Crippen molar-refractivity contribution in [3.8, 4) is 5.75 Å². The lowest BCUT2D eigenvalue weighted by molar-refractivity contribution is -0.111. The van der Waals surface area contributed by atoms with Crippen LogP contribution in [0.1, 0.15) is 43.9 Å². The Balaban J connectivity index is 1.66. The first-order valence-corrected chi connectivity index (χ1v) is 11.8. The van der Waals surface area contributed by atoms with Crippen LogP contribution in [0.2, 0.25) is 0 Å². The molecule has 0 unspecified atom stereocenters. The number of para-hydroxylation sites is 2. The summed E-state index contributed by atoms with van der Waals surface area (Å²) in [6, 6.07) is 21.1. The summed E-state index contributed by atoms with van der Waals surface area (Å²) in [5, 5.41) is 15.3. The van der Waals surface area contributed by atoms with Gasteiger partial charge in [0.05, 0.1) is 11.4 Å². The number of phenols is 1. The van der Waals surface area contributed by atoms with E-state index in [0.29, 0.717) is 29.9 Å². The molecule has 1 atom stereocenters. The fourth-order valence-corrected chi connectivity index (χ4v) is 3.78. The summed E-state index contributed by atoms with van der Waals surface area (Å²) in [5.41, 5.74) is 8.94. The molecular weight excluding hydrogens is 454 g/mol. The van der Waals surface area contributed by atoms with Crippen molar-refractivity contribution >= 4 is 29.1 Å². The molecule has 3 rings (SSSR count). The Bertz CT molecular complexity index is 1200. The third-order valence-electron chi connectivity index (χ3n) is 5.87. The van der Waals surface area contributed by atoms with E-state index in [-0.39, 0.29) is 11.7 Å². The van der Waals surface area contributed by atoms with Gasteiger partial charge in [-0.3, -0.25) is 10.1 Å². The Labute approximate surface area is 212 Å². The number of anilines is 3. The molecule has 0 fully saturated rings. The Kier molecular flexibility index (Phi) is 8.73. The summed E-state index contributed by atoms with van der Waals surface area (Å²) >= 11 is 0. The second kappa shape index (κ2) is 11.9. The highest BCUT2D eigenvalue weighted by atomic mass is 16.6. The summed E-state index contributed by atoms with van der Waals surface area (Å²) < 4.78 is 5.90. The summed E-state index contributed by atoms with van der Waals surface area (Å²) in [6.45, 7) is 5.98. The third-order valence-corrected chi connectivity index (χ3v) is 5.87. The van der Waals surface area contributed by atoms with Crippen LogP contribution < -0.4 is 16.4 Å². The highest BCUT2D eigenvalue weighted by molar-refractivity contribution is 6.01. The molecule has 0 aromatic heterocycles. The van der Waals surface area contributed by atoms with Gasteiger partial charge >= 0.3 is 6.09 Å². The molecule has 188 valence electrons. The van der Waals surface area contributed by atoms with Crippen LogP contribution in [0.5, 0.6) is 5.75 Å². The molecule has 7 nitrogen and oxygen atoms in total. The van der Waals surface area contributed by atoms with Crippen molar-refractivity contribution in [3.63, 3.8) is 0 Å². The quantitative estimate of drug-likeness (QED) is 0.201. The lowest BCUT2D eigenvalue weighted by atomic mass is 9.78. The number of allylic oxidation sites excluding steroid dienone is 1. The number of hydrogen-bond acceptors (Lipinski definition) is 5. The standard InChI is InChI=1S/C29H33N3O4/c1-20-11-15-22(16-12-20)31-28(35)36-27(21-13-17-23(33)18-14-21)29(2,3)19-7-6-10-26(34)32-25-9-5-4-8-24(25)30/h4-6,8-18,27,33H,7,19,30H2,1-3H3,(H,31,35)(H,32,34)/b10-6+/t27-/m0/s1. The van der Waals surface area contributed by atoms with Crippen molar-refractivity contribution in [3.05, 3.63) is 96.1 Å². The van der Waals surface area contributed by atoms with Gasteiger partial charge in [-0.25, -0.2) is 4.79 Å². The summed E-state index contributed by atoms with van der Waals surface area (Å²) in [7, 11) is 0. The predicted molar refractivity (Wildman–Crippen MR) is 144 cm³/mol. The second-order valence-electron chi connectivity index (χ2n) is 9.37. The zero-order valence-electron chi connectivity index (χ0n) is 20.8. The molecule has 0 radical (unpaired) electrons. The second-order valence-corrected chi connectivity index (χ2v) is 9.37. The maximum absolute atomic E-state index is 12.8. The average molecular weight is 488 g/mol. The number of amides is 2. The first-order chi connectivity index (χ1) is 17.1. The molecule has 3 aromatic carbocycles. The number of nitrogens with two attached hydrogens (primary N) is 1. The van der Waals surface area contributed by atoms with Crippen molar-refractivity contribution in [1.29, 1.82) is 0 Å². The van der Waals surface area contributed by atoms with Gasteiger partial charge in [-0.2, -0.15) is 0 Å². The van der Waals surface area contributed by atoms with Gasteiger partial charge in [-0.1, -0.05) is 61.9 Å². The molecule has 0 saturated heterocycles. The van der Waals surface area contributed by atoms with Crippen molar-refractivity contribution in [2.45, 2.75) is 39.7 Å². The van der Waals surface area contributed by atoms with Crippen LogP contribution in [0, 0.1) is 12.3 Å². The minimum Gasteiger partial charge on any atom is -0.508 e. The van der Waals surface area contributed by atoms with Crippen LogP contribution in [0.4, 0.5) is 21.9 Å². The van der Waals surface area contributed by atoms with E-state index in [1.165, 1.54) is 6.08 Å². The molecule has 36 heavy (non-hydrogen) atoms. The van der Waals surface area contributed by atoms with Crippen molar-refractivity contribution in [1.82, 2.24) is 0 Å². The number of ether oxygens (including phenoxy) is 1. The number of aryl methyl sites for hydroxylation is 1. The number of carbonyl (C=O) groups excluding carboxylic acids is 2. The lowest BCUT2D eigenvalue weighted by Gasteiger charge is -2.34. The molecule has 2 amide bonds. The number of nitrogen functional groups attached to an aromatic ring is 1. The van der Waals surface area contributed by atoms with Gasteiger partial charge in [0, 0.05) is 11.1 Å². The monoisotopic (exact) mass is 487 g/mol. The maximum atomic E-state index is 12.8. The summed E-state index contributed by atoms with van der Waals surface area (Å²) in [5.74, 6) is -0.137. The van der Waals surface area contributed by atoms with Crippen molar-refractivity contribution in [2.75, 3.05) is 16.4 Å². The van der Waals surface area contributed by atoms with Crippen LogP contribution >= 0.6 is 0 Å². The molecule has 0 heterocycles. The lowest BCUT2D eigenvalue weighted by Crippen LogP contribution is -2.29. The first-order valence-electron chi connectivity index (χ1n) is 11.8. The first kappa shape index (κ1) is 26.3. The number of hydrogen-bond donors (Lipinski definition) is 4. The van der Waals surface area contributed by atoms with E-state index in [4.69, 9.17) is 10.5 Å². The maximum Gasteiger partial charge on any atom is 0.412 e. The van der Waals surface area contributed by atoms with Crippen molar-refractivity contribution in [2.24, 2.45) is 5.41 Å². The number of phenolic OH excluding ortho intramolecular Hbond substituents is 1. The molecule has 5 N–H and O–H groups in total. The van der Waals surface area contributed by atoms with Crippen LogP contribution in [0.25, 0.3) is 0 Å². The highest BCUT2D eigenvalue weighted by Gasteiger charge is 2.34. The molecule has 0 aliphatic carbocycles. The average Bonchev–Trinajstić information content (AvgIpc) is 2.84. The van der Waals surface area contributed by atoms with Gasteiger partial charge in [0.15, 0.2) is 0 Å². The number of carbonyl (C=O) groups is 2. The fourth-order valence-electron chi connectivity index (χ4n) is 3.78. The van der Waals surface area contributed by atoms with E-state index < -0.39 is 17.6 Å². The Morgan fingerprint density at radius 3 is 2.33 bits per heavy atom. The minimum atomic E-state index is -0.588. The van der Waals surface area contributed by atoms with E-state index in [0.717, 1.165) is 11.1 Å². The van der Waals surface area contributed by atoms with Crippen molar-refractivity contribution < 1.29 is 19.4 Å². The van der Waals surface area contributed by atoms with E-state index in [2.05, 4.69) is 10.6 Å². The van der Waals surface area contributed by atoms with Gasteiger partial charge in [0.2, 0.25) is 5.91 Å². The molecule has 0 saturated carbocycles. The Morgan fingerprint density at radius 1 is 1.00 bits per heavy atom. The minimum absolute atomic E-state index is 0.132. The molecule has 0 aliphatic rings. The molecule has 7 heteroatoms. The Hall–Kier alpha value is -4.26. The van der Waals surface area contributed by atoms with Gasteiger partial charge in [0.25, 0.3) is 0 Å². The zero-order valence-corrected chi connectivity index (χ0v) is 20.8. The molecule has 0 aliphatic heterocycles. The van der Waals surface area contributed by atoms with Crippen LogP contribution in [-0.2, 0) is 9.53 Å². The van der Waals surface area contributed by atoms with Gasteiger partial charge in [-0.15, -0.1) is 0 Å². The molecular formula is C29H33N3O4. The Morgan fingerprint density at radius 2 is 1.67 bits per heavy atom. The smallest absolute Gasteiger partial charge is 0.412 e. The van der Waals surface area contributed by atoms with Crippen LogP contribution in [0.3, 0.4) is 0 Å². The van der Waals surface area contributed by atoms with Gasteiger partial charge in [0.1, 0.15) is 11.9 Å². The zero-order chi connectivity index (χ0) is 26.1. The SMILES string of the molecule is Cc1ccc(NC(=O)O[C@@H](c2ccc(O)cc2)C(C)(C)CC/C=C/C(=O)Nc2ccccc2N)cc1.